The van der Waals surface area contributed by atoms with E-state index in [-0.39, 0.29) is 0 Å². The van der Waals surface area contributed by atoms with Gasteiger partial charge in [0.15, 0.2) is 0 Å². The number of thiocarbonyl (C=S) groups is 1. The van der Waals surface area contributed by atoms with Crippen molar-refractivity contribution < 1.29 is 0 Å². The first-order valence-electron chi connectivity index (χ1n) is 8.69. The van der Waals surface area contributed by atoms with E-state index < -0.39 is 0 Å². The molecule has 0 atom stereocenters. The molecule has 1 saturated carbocycles. The van der Waals surface area contributed by atoms with Crippen molar-refractivity contribution >= 4 is 45.7 Å². The molecule has 2 heterocycles. The molecule has 0 aliphatic heterocycles. The number of thiophene rings is 2. The predicted octanol–water partition coefficient (Wildman–Crippen LogP) is 7.61. The molecule has 4 heteroatoms. The number of isothiocyanates is 1. The molecule has 1 aromatic carbocycles. The topological polar surface area (TPSA) is 12.4 Å². The van der Waals surface area contributed by atoms with E-state index in [1.165, 1.54) is 52.3 Å². The van der Waals surface area contributed by atoms with Crippen LogP contribution >= 0.6 is 34.9 Å². The predicted molar refractivity (Wildman–Crippen MR) is 113 cm³/mol. The van der Waals surface area contributed by atoms with Gasteiger partial charge in [0.1, 0.15) is 0 Å². The molecule has 1 fully saturated rings. The van der Waals surface area contributed by atoms with Crippen molar-refractivity contribution in [1.82, 2.24) is 0 Å². The van der Waals surface area contributed by atoms with Crippen molar-refractivity contribution in [3.63, 3.8) is 0 Å². The molecule has 0 amide bonds. The summed E-state index contributed by atoms with van der Waals surface area (Å²) in [4.78, 5) is 9.59. The Hall–Kier alpha value is -1.58. The lowest BCUT2D eigenvalue weighted by molar-refractivity contribution is 0.551. The van der Waals surface area contributed by atoms with Crippen LogP contribution in [-0.4, -0.2) is 5.16 Å². The monoisotopic (exact) mass is 381 g/mol. The van der Waals surface area contributed by atoms with Crippen molar-refractivity contribution in [3.05, 3.63) is 53.4 Å². The summed E-state index contributed by atoms with van der Waals surface area (Å²) in [7, 11) is 0. The van der Waals surface area contributed by atoms with Crippen molar-refractivity contribution in [1.29, 1.82) is 0 Å². The Morgan fingerprint density at radius 3 is 2.32 bits per heavy atom. The zero-order valence-corrected chi connectivity index (χ0v) is 16.4. The fourth-order valence-corrected chi connectivity index (χ4v) is 5.83. The number of hydrogen-bond acceptors (Lipinski definition) is 4. The van der Waals surface area contributed by atoms with Gasteiger partial charge < -0.3 is 0 Å². The minimum absolute atomic E-state index is 0.852. The molecule has 0 bridgehead atoms. The molecule has 0 radical (unpaired) electrons. The highest BCUT2D eigenvalue weighted by Gasteiger charge is 2.16. The first-order chi connectivity index (χ1) is 12.3. The van der Waals surface area contributed by atoms with E-state index in [4.69, 9.17) is 0 Å². The van der Waals surface area contributed by atoms with E-state index in [0.29, 0.717) is 0 Å². The van der Waals surface area contributed by atoms with Crippen LogP contribution in [0.1, 0.15) is 30.6 Å². The number of aliphatic imine (C=N–C) groups is 1. The van der Waals surface area contributed by atoms with E-state index in [0.717, 1.165) is 11.6 Å². The third-order valence-electron chi connectivity index (χ3n) is 4.80. The van der Waals surface area contributed by atoms with E-state index in [2.05, 4.69) is 58.8 Å². The largest absolute Gasteiger partial charge is 0.195 e. The lowest BCUT2D eigenvalue weighted by Gasteiger charge is -2.05. The summed E-state index contributed by atoms with van der Waals surface area (Å²) in [6.45, 7) is 0. The smallest absolute Gasteiger partial charge is 0.0739 e. The first-order valence-corrected chi connectivity index (χ1v) is 10.7. The lowest BCUT2D eigenvalue weighted by Crippen LogP contribution is -1.95. The third-order valence-corrected chi connectivity index (χ3v) is 7.33. The van der Waals surface area contributed by atoms with Gasteiger partial charge in [-0.3, -0.25) is 0 Å². The fraction of sp³-hybridized carbons (Fsp3) is 0.286. The molecule has 1 nitrogen and oxygen atoms in total. The van der Waals surface area contributed by atoms with Crippen LogP contribution in [0.5, 0.6) is 0 Å². The molecule has 25 heavy (non-hydrogen) atoms. The molecular formula is C21H19NS3. The fourth-order valence-electron chi connectivity index (χ4n) is 3.50. The van der Waals surface area contributed by atoms with Gasteiger partial charge in [-0.05, 0) is 66.5 Å². The van der Waals surface area contributed by atoms with Gasteiger partial charge in [-0.15, -0.1) is 22.7 Å². The summed E-state index contributed by atoms with van der Waals surface area (Å²) in [6, 6.07) is 17.2. The highest BCUT2D eigenvalue weighted by atomic mass is 32.1. The summed E-state index contributed by atoms with van der Waals surface area (Å²) in [5, 5.41) is 2.41. The second-order valence-electron chi connectivity index (χ2n) is 6.53. The first kappa shape index (κ1) is 16.9. The average molecular weight is 382 g/mol. The summed E-state index contributed by atoms with van der Waals surface area (Å²) >= 11 is 8.48. The van der Waals surface area contributed by atoms with Crippen LogP contribution in [0.3, 0.4) is 0 Å². The zero-order valence-electron chi connectivity index (χ0n) is 13.9. The molecule has 1 aliphatic carbocycles. The molecule has 1 aliphatic rings. The molecule has 4 rings (SSSR count). The van der Waals surface area contributed by atoms with E-state index in [1.54, 1.807) is 4.88 Å². The number of benzene rings is 1. The molecule has 2 aromatic heterocycles. The average Bonchev–Trinajstić information content (AvgIpc) is 3.38. The van der Waals surface area contributed by atoms with Crippen LogP contribution in [0.2, 0.25) is 0 Å². The summed E-state index contributed by atoms with van der Waals surface area (Å²) < 4.78 is 0. The van der Waals surface area contributed by atoms with Crippen LogP contribution in [0, 0.1) is 5.92 Å². The Morgan fingerprint density at radius 1 is 0.880 bits per heavy atom. The third kappa shape index (κ3) is 3.99. The Kier molecular flexibility index (Phi) is 5.23. The van der Waals surface area contributed by atoms with E-state index >= 15 is 0 Å². The van der Waals surface area contributed by atoms with Gasteiger partial charge in [-0.1, -0.05) is 37.8 Å². The minimum atomic E-state index is 0.852. The van der Waals surface area contributed by atoms with Crippen LogP contribution in [-0.2, 0) is 6.42 Å². The quantitative estimate of drug-likeness (QED) is 0.327. The zero-order chi connectivity index (χ0) is 17.1. The molecule has 0 N–H and O–H groups in total. The van der Waals surface area contributed by atoms with Crippen molar-refractivity contribution in [2.45, 2.75) is 32.1 Å². The van der Waals surface area contributed by atoms with Crippen molar-refractivity contribution in [3.8, 4) is 20.2 Å². The molecule has 126 valence electrons. The SMILES string of the molecule is S=C=Nc1ccc(-c2ccc(-c3ccc(CC4CCCC4)s3)s2)cc1. The second-order valence-corrected chi connectivity index (χ2v) is 8.97. The van der Waals surface area contributed by atoms with Gasteiger partial charge in [0, 0.05) is 19.5 Å². The summed E-state index contributed by atoms with van der Waals surface area (Å²) in [5.41, 5.74) is 2.08. The second kappa shape index (κ2) is 7.76. The molecule has 0 unspecified atom stereocenters. The summed E-state index contributed by atoms with van der Waals surface area (Å²) in [6.07, 6.45) is 6.95. The molecular weight excluding hydrogens is 362 g/mol. The Labute approximate surface area is 162 Å². The van der Waals surface area contributed by atoms with Gasteiger partial charge in [0.25, 0.3) is 0 Å². The van der Waals surface area contributed by atoms with Crippen LogP contribution in [0.25, 0.3) is 20.2 Å². The van der Waals surface area contributed by atoms with Crippen molar-refractivity contribution in [2.24, 2.45) is 10.9 Å². The Morgan fingerprint density at radius 2 is 1.56 bits per heavy atom. The highest BCUT2D eigenvalue weighted by molar-refractivity contribution is 7.78. The van der Waals surface area contributed by atoms with E-state index in [1.807, 2.05) is 34.8 Å². The van der Waals surface area contributed by atoms with Gasteiger partial charge in [-0.25, -0.2) is 0 Å². The van der Waals surface area contributed by atoms with Crippen LogP contribution < -0.4 is 0 Å². The molecule has 0 saturated heterocycles. The standard InChI is InChI=1S/C21H19NS3/c23-14-22-17-7-5-16(6-8-17)19-11-12-21(25-19)20-10-9-18(24-20)13-15-3-1-2-4-15/h5-12,15H,1-4,13H2. The number of nitrogens with zero attached hydrogens (tertiary/aromatic N) is 1. The number of rotatable bonds is 5. The van der Waals surface area contributed by atoms with Crippen molar-refractivity contribution in [2.75, 3.05) is 0 Å². The molecule has 0 spiro atoms. The number of hydrogen-bond donors (Lipinski definition) is 0. The summed E-state index contributed by atoms with van der Waals surface area (Å²) in [5.74, 6) is 0.916. The maximum atomic E-state index is 4.65. The Bertz CT molecular complexity index is 891. The van der Waals surface area contributed by atoms with Crippen LogP contribution in [0.15, 0.2) is 53.5 Å². The van der Waals surface area contributed by atoms with Gasteiger partial charge >= 0.3 is 0 Å². The van der Waals surface area contributed by atoms with Gasteiger partial charge in [-0.2, -0.15) is 4.99 Å². The maximum absolute atomic E-state index is 4.65. The Balaban J connectivity index is 1.50. The minimum Gasteiger partial charge on any atom is -0.195 e. The normalized spacial score (nSPS) is 14.6. The van der Waals surface area contributed by atoms with E-state index in [9.17, 15) is 0 Å². The highest BCUT2D eigenvalue weighted by Crippen LogP contribution is 2.39. The molecule has 3 aromatic rings. The lowest BCUT2D eigenvalue weighted by atomic mass is 10.0. The van der Waals surface area contributed by atoms with Gasteiger partial charge in [0.2, 0.25) is 0 Å². The van der Waals surface area contributed by atoms with Crippen LogP contribution in [0.4, 0.5) is 5.69 Å². The maximum Gasteiger partial charge on any atom is 0.0739 e. The van der Waals surface area contributed by atoms with Gasteiger partial charge in [0.05, 0.1) is 10.8 Å².